The highest BCUT2D eigenvalue weighted by atomic mass is 16.5. The van der Waals surface area contributed by atoms with Crippen LogP contribution in [0.25, 0.3) is 0 Å². The molecule has 6 heteroatoms. The van der Waals surface area contributed by atoms with Crippen molar-refractivity contribution in [2.75, 3.05) is 13.2 Å². The van der Waals surface area contributed by atoms with Gasteiger partial charge in [0.1, 0.15) is 11.5 Å². The Morgan fingerprint density at radius 2 is 1.48 bits per heavy atom. The van der Waals surface area contributed by atoms with Gasteiger partial charge in [0.05, 0.1) is 18.8 Å². The molecule has 0 aromatic heterocycles. The number of hydrazine groups is 1. The van der Waals surface area contributed by atoms with Crippen molar-refractivity contribution in [3.05, 3.63) is 59.7 Å². The summed E-state index contributed by atoms with van der Waals surface area (Å²) in [6, 6.07) is 13.7. The quantitative estimate of drug-likeness (QED) is 0.620. The maximum Gasteiger partial charge on any atom is 0.273 e. The largest absolute Gasteiger partial charge is 0.494 e. The van der Waals surface area contributed by atoms with Gasteiger partial charge in [-0.3, -0.25) is 20.4 Å². The molecule has 29 heavy (non-hydrogen) atoms. The summed E-state index contributed by atoms with van der Waals surface area (Å²) in [5, 5.41) is 0. The summed E-state index contributed by atoms with van der Waals surface area (Å²) in [6.07, 6.45) is 0.969. The molecular formula is C23H30N2O4. The van der Waals surface area contributed by atoms with E-state index in [1.807, 2.05) is 13.8 Å². The van der Waals surface area contributed by atoms with Crippen LogP contribution in [0.5, 0.6) is 11.5 Å². The Labute approximate surface area is 172 Å². The molecule has 6 nitrogen and oxygen atoms in total. The van der Waals surface area contributed by atoms with Gasteiger partial charge in [0.25, 0.3) is 11.8 Å². The Balaban J connectivity index is 1.89. The molecule has 0 heterocycles. The van der Waals surface area contributed by atoms with Crippen LogP contribution in [0.4, 0.5) is 0 Å². The number of hydrogen-bond donors (Lipinski definition) is 2. The highest BCUT2D eigenvalue weighted by Gasteiger charge is 2.14. The van der Waals surface area contributed by atoms with E-state index >= 15 is 0 Å². The lowest BCUT2D eigenvalue weighted by molar-refractivity contribution is 0.0844. The van der Waals surface area contributed by atoms with Gasteiger partial charge in [-0.15, -0.1) is 0 Å². The number of para-hydroxylation sites is 1. The van der Waals surface area contributed by atoms with Crippen LogP contribution in [-0.4, -0.2) is 25.0 Å². The Morgan fingerprint density at radius 1 is 0.828 bits per heavy atom. The topological polar surface area (TPSA) is 76.7 Å². The Hall–Kier alpha value is -3.02. The first-order valence-corrected chi connectivity index (χ1v) is 9.92. The van der Waals surface area contributed by atoms with Crippen molar-refractivity contribution in [3.63, 3.8) is 0 Å². The third-order valence-electron chi connectivity index (χ3n) is 4.07. The zero-order valence-electron chi connectivity index (χ0n) is 17.5. The molecule has 0 bridgehead atoms. The molecule has 2 amide bonds. The molecule has 0 radical (unpaired) electrons. The summed E-state index contributed by atoms with van der Waals surface area (Å²) in [6.45, 7) is 9.48. The maximum absolute atomic E-state index is 12.4. The number of carbonyl (C=O) groups is 2. The number of ether oxygens (including phenoxy) is 2. The van der Waals surface area contributed by atoms with E-state index in [1.165, 1.54) is 0 Å². The van der Waals surface area contributed by atoms with E-state index in [2.05, 4.69) is 24.7 Å². The fourth-order valence-electron chi connectivity index (χ4n) is 2.40. The van der Waals surface area contributed by atoms with Crippen molar-refractivity contribution in [2.24, 2.45) is 11.8 Å². The van der Waals surface area contributed by atoms with Gasteiger partial charge in [0, 0.05) is 5.56 Å². The van der Waals surface area contributed by atoms with E-state index in [9.17, 15) is 9.59 Å². The summed E-state index contributed by atoms with van der Waals surface area (Å²) >= 11 is 0. The third-order valence-corrected chi connectivity index (χ3v) is 4.07. The summed E-state index contributed by atoms with van der Waals surface area (Å²) in [5.41, 5.74) is 5.65. The first kappa shape index (κ1) is 22.3. The Bertz CT molecular complexity index is 801. The molecule has 0 fully saturated rings. The van der Waals surface area contributed by atoms with Crippen molar-refractivity contribution < 1.29 is 19.1 Å². The van der Waals surface area contributed by atoms with Gasteiger partial charge in [-0.05, 0) is 54.7 Å². The van der Waals surface area contributed by atoms with Crippen LogP contribution < -0.4 is 20.3 Å². The van der Waals surface area contributed by atoms with Crippen LogP contribution in [-0.2, 0) is 0 Å². The minimum Gasteiger partial charge on any atom is -0.494 e. The van der Waals surface area contributed by atoms with Gasteiger partial charge in [-0.25, -0.2) is 0 Å². The average Bonchev–Trinajstić information content (AvgIpc) is 2.70. The van der Waals surface area contributed by atoms with E-state index in [4.69, 9.17) is 9.47 Å². The minimum atomic E-state index is -0.439. The molecule has 0 atom stereocenters. The molecule has 0 saturated carbocycles. The molecule has 2 aromatic rings. The number of benzene rings is 2. The normalized spacial score (nSPS) is 10.7. The van der Waals surface area contributed by atoms with Gasteiger partial charge < -0.3 is 9.47 Å². The lowest BCUT2D eigenvalue weighted by Crippen LogP contribution is -2.41. The number of nitrogens with one attached hydrogen (secondary N) is 2. The number of rotatable bonds is 9. The van der Waals surface area contributed by atoms with Crippen molar-refractivity contribution in [1.29, 1.82) is 0 Å². The summed E-state index contributed by atoms with van der Waals surface area (Å²) in [7, 11) is 0. The van der Waals surface area contributed by atoms with E-state index < -0.39 is 11.8 Å². The van der Waals surface area contributed by atoms with Crippen molar-refractivity contribution in [3.8, 4) is 11.5 Å². The Morgan fingerprint density at radius 3 is 2.14 bits per heavy atom. The van der Waals surface area contributed by atoms with Crippen molar-refractivity contribution >= 4 is 11.8 Å². The van der Waals surface area contributed by atoms with E-state index in [1.54, 1.807) is 48.5 Å². The van der Waals surface area contributed by atoms with Crippen molar-refractivity contribution in [1.82, 2.24) is 10.9 Å². The smallest absolute Gasteiger partial charge is 0.273 e. The predicted molar refractivity (Wildman–Crippen MR) is 113 cm³/mol. The zero-order valence-corrected chi connectivity index (χ0v) is 17.5. The van der Waals surface area contributed by atoms with Crippen LogP contribution in [0.1, 0.15) is 54.8 Å². The summed E-state index contributed by atoms with van der Waals surface area (Å²) < 4.78 is 11.3. The van der Waals surface area contributed by atoms with Crippen LogP contribution in [0, 0.1) is 11.8 Å². The summed E-state index contributed by atoms with van der Waals surface area (Å²) in [4.78, 5) is 24.7. The van der Waals surface area contributed by atoms with E-state index in [0.29, 0.717) is 47.7 Å². The van der Waals surface area contributed by atoms with Crippen LogP contribution in [0.2, 0.25) is 0 Å². The molecule has 0 aliphatic rings. The molecule has 2 rings (SSSR count). The highest BCUT2D eigenvalue weighted by Crippen LogP contribution is 2.18. The predicted octanol–water partition coefficient (Wildman–Crippen LogP) is 4.22. The SMILES string of the molecule is CC(C)CCOc1ccc(C(=O)NNC(=O)c2ccccc2OCC(C)C)cc1. The second-order valence-electron chi connectivity index (χ2n) is 7.66. The van der Waals surface area contributed by atoms with Crippen LogP contribution >= 0.6 is 0 Å². The van der Waals surface area contributed by atoms with Crippen molar-refractivity contribution in [2.45, 2.75) is 34.1 Å². The lowest BCUT2D eigenvalue weighted by Gasteiger charge is -2.13. The van der Waals surface area contributed by atoms with Gasteiger partial charge in [-0.2, -0.15) is 0 Å². The average molecular weight is 399 g/mol. The fourth-order valence-corrected chi connectivity index (χ4v) is 2.40. The number of amides is 2. The fraction of sp³-hybridized carbons (Fsp3) is 0.391. The van der Waals surface area contributed by atoms with Gasteiger partial charge in [-0.1, -0.05) is 39.8 Å². The second kappa shape index (κ2) is 11.1. The summed E-state index contributed by atoms with van der Waals surface area (Å²) in [5.74, 6) is 1.25. The second-order valence-corrected chi connectivity index (χ2v) is 7.66. The van der Waals surface area contributed by atoms with Gasteiger partial charge in [0.2, 0.25) is 0 Å². The van der Waals surface area contributed by atoms with Gasteiger partial charge in [0.15, 0.2) is 0 Å². The van der Waals surface area contributed by atoms with E-state index in [-0.39, 0.29) is 0 Å². The molecule has 0 saturated heterocycles. The highest BCUT2D eigenvalue weighted by molar-refractivity contribution is 6.00. The molecule has 0 unspecified atom stereocenters. The third kappa shape index (κ3) is 7.49. The number of hydrogen-bond acceptors (Lipinski definition) is 4. The molecule has 0 aliphatic heterocycles. The first-order chi connectivity index (χ1) is 13.9. The molecule has 2 aromatic carbocycles. The molecule has 0 aliphatic carbocycles. The lowest BCUT2D eigenvalue weighted by atomic mass is 10.1. The first-order valence-electron chi connectivity index (χ1n) is 9.92. The van der Waals surface area contributed by atoms with Crippen LogP contribution in [0.15, 0.2) is 48.5 Å². The number of carbonyl (C=O) groups excluding carboxylic acids is 2. The Kier molecular flexibility index (Phi) is 8.52. The molecule has 2 N–H and O–H groups in total. The van der Waals surface area contributed by atoms with Crippen LogP contribution in [0.3, 0.4) is 0 Å². The minimum absolute atomic E-state index is 0.336. The molecule has 0 spiro atoms. The standard InChI is InChI=1S/C23H30N2O4/c1-16(2)13-14-28-19-11-9-18(10-12-19)22(26)24-25-23(27)20-7-5-6-8-21(20)29-15-17(3)4/h5-12,16-17H,13-15H2,1-4H3,(H,24,26)(H,25,27). The zero-order chi connectivity index (χ0) is 21.2. The molecular weight excluding hydrogens is 368 g/mol. The maximum atomic E-state index is 12.4. The molecule has 156 valence electrons. The van der Waals surface area contributed by atoms with E-state index in [0.717, 1.165) is 6.42 Å². The monoisotopic (exact) mass is 398 g/mol. The van der Waals surface area contributed by atoms with Gasteiger partial charge >= 0.3 is 0 Å².